The fraction of sp³-hybridized carbons (Fsp3) is 0.0526. The van der Waals surface area contributed by atoms with Crippen LogP contribution < -0.4 is 5.73 Å². The Morgan fingerprint density at radius 1 is 0.931 bits per heavy atom. The SMILES string of the molecule is Nc1ccc(-c2cn(-c3nc(-c4cccc(Cl)c4)cc(C(F)(F)F)n3)cn2)cn1. The van der Waals surface area contributed by atoms with Crippen LogP contribution in [0.2, 0.25) is 5.02 Å². The molecule has 0 amide bonds. The molecular formula is C19H12ClF3N6. The van der Waals surface area contributed by atoms with Gasteiger partial charge in [0.05, 0.1) is 11.4 Å². The van der Waals surface area contributed by atoms with Crippen LogP contribution in [0.25, 0.3) is 28.5 Å². The van der Waals surface area contributed by atoms with Gasteiger partial charge in [-0.3, -0.25) is 4.57 Å². The van der Waals surface area contributed by atoms with Crippen LogP contribution in [0.3, 0.4) is 0 Å². The topological polar surface area (TPSA) is 82.5 Å². The molecule has 6 nitrogen and oxygen atoms in total. The van der Waals surface area contributed by atoms with E-state index in [9.17, 15) is 13.2 Å². The fourth-order valence-electron chi connectivity index (χ4n) is 2.63. The average Bonchev–Trinajstić information content (AvgIpc) is 3.18. The summed E-state index contributed by atoms with van der Waals surface area (Å²) in [6.07, 6.45) is -0.269. The summed E-state index contributed by atoms with van der Waals surface area (Å²) in [5.74, 6) is 0.178. The molecule has 29 heavy (non-hydrogen) atoms. The van der Waals surface area contributed by atoms with Crippen LogP contribution in [-0.2, 0) is 6.18 Å². The van der Waals surface area contributed by atoms with Gasteiger partial charge in [-0.1, -0.05) is 23.7 Å². The molecule has 146 valence electrons. The number of imidazole rings is 1. The summed E-state index contributed by atoms with van der Waals surface area (Å²) < 4.78 is 41.5. The van der Waals surface area contributed by atoms with Gasteiger partial charge in [0.2, 0.25) is 5.95 Å². The highest BCUT2D eigenvalue weighted by atomic mass is 35.5. The molecule has 3 heterocycles. The molecule has 2 N–H and O–H groups in total. The third-order valence-electron chi connectivity index (χ3n) is 4.02. The Morgan fingerprint density at radius 2 is 1.76 bits per heavy atom. The standard InChI is InChI=1S/C19H12ClF3N6/c20-13-3-1-2-11(6-13)14-7-16(19(21,22)23)28-18(27-14)29-9-15(26-10-29)12-4-5-17(24)25-8-12/h1-10H,(H2,24,25). The van der Waals surface area contributed by atoms with Crippen LogP contribution in [0, 0.1) is 0 Å². The quantitative estimate of drug-likeness (QED) is 0.526. The Hall–Kier alpha value is -3.46. The molecule has 0 aliphatic carbocycles. The molecule has 0 fully saturated rings. The highest BCUT2D eigenvalue weighted by Gasteiger charge is 2.34. The largest absolute Gasteiger partial charge is 0.433 e. The average molecular weight is 417 g/mol. The fourth-order valence-corrected chi connectivity index (χ4v) is 2.82. The van der Waals surface area contributed by atoms with Crippen LogP contribution in [0.1, 0.15) is 5.69 Å². The first kappa shape index (κ1) is 18.9. The third-order valence-corrected chi connectivity index (χ3v) is 4.26. The molecular weight excluding hydrogens is 405 g/mol. The number of hydrogen-bond acceptors (Lipinski definition) is 5. The van der Waals surface area contributed by atoms with Crippen molar-refractivity contribution in [2.24, 2.45) is 0 Å². The van der Waals surface area contributed by atoms with E-state index in [2.05, 4.69) is 19.9 Å². The monoisotopic (exact) mass is 416 g/mol. The zero-order valence-corrected chi connectivity index (χ0v) is 15.4. The molecule has 0 radical (unpaired) electrons. The van der Waals surface area contributed by atoms with Crippen molar-refractivity contribution < 1.29 is 13.2 Å². The van der Waals surface area contributed by atoms with Gasteiger partial charge < -0.3 is 5.73 Å². The first-order valence-electron chi connectivity index (χ1n) is 8.28. The molecule has 0 unspecified atom stereocenters. The number of pyridine rings is 1. The van der Waals surface area contributed by atoms with Gasteiger partial charge in [0.15, 0.2) is 5.69 Å². The molecule has 0 bridgehead atoms. The van der Waals surface area contributed by atoms with E-state index >= 15 is 0 Å². The summed E-state index contributed by atoms with van der Waals surface area (Å²) in [6, 6.07) is 10.6. The summed E-state index contributed by atoms with van der Waals surface area (Å²) in [4.78, 5) is 16.1. The second kappa shape index (κ2) is 7.17. The third kappa shape index (κ3) is 4.04. The van der Waals surface area contributed by atoms with Gasteiger partial charge in [-0.2, -0.15) is 13.2 Å². The normalized spacial score (nSPS) is 11.6. The van der Waals surface area contributed by atoms with Crippen molar-refractivity contribution in [1.82, 2.24) is 24.5 Å². The van der Waals surface area contributed by atoms with Crippen molar-refractivity contribution in [2.75, 3.05) is 5.73 Å². The zero-order valence-electron chi connectivity index (χ0n) is 14.6. The first-order chi connectivity index (χ1) is 13.8. The lowest BCUT2D eigenvalue weighted by atomic mass is 10.1. The van der Waals surface area contributed by atoms with E-state index in [4.69, 9.17) is 17.3 Å². The van der Waals surface area contributed by atoms with Gasteiger partial charge in [0, 0.05) is 28.5 Å². The minimum absolute atomic E-state index is 0.0919. The number of nitrogens with zero attached hydrogens (tertiary/aromatic N) is 5. The molecule has 0 saturated heterocycles. The first-order valence-corrected chi connectivity index (χ1v) is 8.66. The van der Waals surface area contributed by atoms with E-state index < -0.39 is 11.9 Å². The van der Waals surface area contributed by atoms with Crippen molar-refractivity contribution in [3.05, 3.63) is 71.9 Å². The van der Waals surface area contributed by atoms with Gasteiger partial charge in [0.25, 0.3) is 0 Å². The van der Waals surface area contributed by atoms with E-state index in [0.29, 0.717) is 27.7 Å². The summed E-state index contributed by atoms with van der Waals surface area (Å²) in [5, 5.41) is 0.386. The molecule has 4 rings (SSSR count). The lowest BCUT2D eigenvalue weighted by molar-refractivity contribution is -0.141. The molecule has 0 aliphatic heterocycles. The molecule has 1 aromatic carbocycles. The van der Waals surface area contributed by atoms with Crippen molar-refractivity contribution in [1.29, 1.82) is 0 Å². The van der Waals surface area contributed by atoms with E-state index in [0.717, 1.165) is 6.07 Å². The van der Waals surface area contributed by atoms with Crippen LogP contribution in [0.15, 0.2) is 61.2 Å². The number of aromatic nitrogens is 5. The summed E-state index contributed by atoms with van der Waals surface area (Å²) in [7, 11) is 0. The maximum absolute atomic E-state index is 13.4. The Bertz CT molecular complexity index is 1170. The van der Waals surface area contributed by atoms with Gasteiger partial charge in [-0.15, -0.1) is 0 Å². The lowest BCUT2D eigenvalue weighted by Gasteiger charge is -2.11. The number of rotatable bonds is 3. The van der Waals surface area contributed by atoms with Crippen molar-refractivity contribution in [3.63, 3.8) is 0 Å². The van der Waals surface area contributed by atoms with E-state index in [1.807, 2.05) is 0 Å². The van der Waals surface area contributed by atoms with Crippen molar-refractivity contribution in [2.45, 2.75) is 6.18 Å². The summed E-state index contributed by atoms with van der Waals surface area (Å²) >= 11 is 5.97. The van der Waals surface area contributed by atoms with Crippen LogP contribution >= 0.6 is 11.6 Å². The Kier molecular flexibility index (Phi) is 4.67. The minimum Gasteiger partial charge on any atom is -0.384 e. The predicted molar refractivity (Wildman–Crippen MR) is 102 cm³/mol. The summed E-state index contributed by atoms with van der Waals surface area (Å²) in [6.45, 7) is 0. The number of anilines is 1. The number of nitrogen functional groups attached to an aromatic ring is 1. The Labute approximate surface area is 167 Å². The Morgan fingerprint density at radius 3 is 2.45 bits per heavy atom. The van der Waals surface area contributed by atoms with E-state index in [1.165, 1.54) is 29.4 Å². The highest BCUT2D eigenvalue weighted by Crippen LogP contribution is 2.31. The van der Waals surface area contributed by atoms with Crippen molar-refractivity contribution >= 4 is 17.4 Å². The van der Waals surface area contributed by atoms with Crippen LogP contribution in [0.4, 0.5) is 19.0 Å². The maximum atomic E-state index is 13.4. The van der Waals surface area contributed by atoms with Gasteiger partial charge in [-0.05, 0) is 30.3 Å². The second-order valence-corrected chi connectivity index (χ2v) is 6.52. The van der Waals surface area contributed by atoms with Crippen LogP contribution in [-0.4, -0.2) is 24.5 Å². The number of halogens is 4. The minimum atomic E-state index is -4.64. The van der Waals surface area contributed by atoms with Crippen molar-refractivity contribution in [3.8, 4) is 28.5 Å². The second-order valence-electron chi connectivity index (χ2n) is 6.08. The smallest absolute Gasteiger partial charge is 0.384 e. The molecule has 4 aromatic rings. The summed E-state index contributed by atoms with van der Waals surface area (Å²) in [5.41, 5.74) is 6.17. The number of hydrogen-bond donors (Lipinski definition) is 1. The molecule has 10 heteroatoms. The number of alkyl halides is 3. The lowest BCUT2D eigenvalue weighted by Crippen LogP contribution is -2.12. The molecule has 0 aliphatic rings. The maximum Gasteiger partial charge on any atom is 0.433 e. The molecule has 3 aromatic heterocycles. The van der Waals surface area contributed by atoms with Gasteiger partial charge >= 0.3 is 6.18 Å². The highest BCUT2D eigenvalue weighted by molar-refractivity contribution is 6.30. The zero-order chi connectivity index (χ0) is 20.6. The molecule has 0 spiro atoms. The number of benzene rings is 1. The van der Waals surface area contributed by atoms with Gasteiger partial charge in [0.1, 0.15) is 12.1 Å². The van der Waals surface area contributed by atoms with E-state index in [1.54, 1.807) is 30.3 Å². The molecule has 0 saturated carbocycles. The Balaban J connectivity index is 1.81. The van der Waals surface area contributed by atoms with Gasteiger partial charge in [-0.25, -0.2) is 19.9 Å². The molecule has 0 atom stereocenters. The predicted octanol–water partition coefficient (Wildman–Crippen LogP) is 4.65. The number of nitrogens with two attached hydrogens (primary N) is 1. The van der Waals surface area contributed by atoms with E-state index in [-0.39, 0.29) is 11.6 Å². The van der Waals surface area contributed by atoms with Crippen LogP contribution in [0.5, 0.6) is 0 Å².